The molecule has 2 fully saturated rings. The SMILES string of the molecule is NC1=N[C@H]2[C@H](CS[C@H]2CCCCC(=O)NCCCCCC(=O)Nc2cc(NC(=O)CCCCCNC(=O)CCCC[C@@H]3SC[C@@H]4NC(N)=N[C@@H]43)cc(C(=O)O)c2)N1. The van der Waals surface area contributed by atoms with E-state index in [-0.39, 0.29) is 65.5 Å². The third-order valence-electron chi connectivity index (χ3n) is 10.6. The van der Waals surface area contributed by atoms with Crippen LogP contribution < -0.4 is 43.4 Å². The number of thioether (sulfide) groups is 2. The number of unbranched alkanes of at least 4 members (excludes halogenated alkanes) is 6. The number of guanidine groups is 2. The number of hydrogen-bond donors (Lipinski definition) is 9. The largest absolute Gasteiger partial charge is 0.478 e. The molecule has 0 spiro atoms. The summed E-state index contributed by atoms with van der Waals surface area (Å²) < 4.78 is 0. The number of carboxylic acid groups (broad SMARTS) is 1. The molecule has 0 radical (unpaired) electrons. The second-order valence-corrected chi connectivity index (χ2v) is 17.8. The number of benzene rings is 1. The Morgan fingerprint density at radius 1 is 0.614 bits per heavy atom. The molecule has 314 valence electrons. The number of carboxylic acids is 1. The number of carbonyl (C=O) groups is 5. The average molecular weight is 829 g/mol. The number of hydrogen-bond acceptors (Lipinski definition) is 13. The van der Waals surface area contributed by atoms with Crippen molar-refractivity contribution in [3.05, 3.63) is 23.8 Å². The van der Waals surface area contributed by atoms with Crippen LogP contribution in [-0.2, 0) is 19.2 Å². The van der Waals surface area contributed by atoms with E-state index in [2.05, 4.69) is 41.9 Å². The molecule has 4 heterocycles. The van der Waals surface area contributed by atoms with Gasteiger partial charge in [0.25, 0.3) is 0 Å². The van der Waals surface area contributed by atoms with E-state index < -0.39 is 5.97 Å². The van der Waals surface area contributed by atoms with Crippen molar-refractivity contribution < 1.29 is 29.1 Å². The Hall–Kier alpha value is -4.19. The topological polar surface area (TPSA) is 255 Å². The molecular formula is C39H60N10O6S2. The first kappa shape index (κ1) is 43.9. The molecule has 0 aliphatic carbocycles. The lowest BCUT2D eigenvalue weighted by Gasteiger charge is -2.14. The maximum Gasteiger partial charge on any atom is 0.335 e. The van der Waals surface area contributed by atoms with Crippen LogP contribution in [0.1, 0.15) is 113 Å². The summed E-state index contributed by atoms with van der Waals surface area (Å²) in [5.41, 5.74) is 12.1. The summed E-state index contributed by atoms with van der Waals surface area (Å²) in [6, 6.07) is 5.45. The lowest BCUT2D eigenvalue weighted by molar-refractivity contribution is -0.122. The van der Waals surface area contributed by atoms with Gasteiger partial charge in [-0.15, -0.1) is 0 Å². The molecule has 2 saturated heterocycles. The highest BCUT2D eigenvalue weighted by Crippen LogP contribution is 2.36. The number of aromatic carboxylic acids is 1. The molecule has 0 unspecified atom stereocenters. The molecule has 18 heteroatoms. The molecule has 4 aliphatic heterocycles. The van der Waals surface area contributed by atoms with Crippen LogP contribution in [0.2, 0.25) is 0 Å². The molecule has 6 atom stereocenters. The van der Waals surface area contributed by atoms with E-state index in [0.29, 0.717) is 73.3 Å². The Kier molecular flexibility index (Phi) is 17.5. The smallest absolute Gasteiger partial charge is 0.335 e. The number of aliphatic imine (C=N–C) groups is 2. The fraction of sp³-hybridized carbons (Fsp3) is 0.667. The van der Waals surface area contributed by atoms with Gasteiger partial charge < -0.3 is 48.5 Å². The van der Waals surface area contributed by atoms with Gasteiger partial charge in [-0.2, -0.15) is 23.5 Å². The van der Waals surface area contributed by atoms with Crippen molar-refractivity contribution in [2.24, 2.45) is 21.5 Å². The van der Waals surface area contributed by atoms with Crippen LogP contribution in [0.15, 0.2) is 28.2 Å². The predicted octanol–water partition coefficient (Wildman–Crippen LogP) is 3.28. The first-order valence-corrected chi connectivity index (χ1v) is 22.6. The molecule has 0 saturated carbocycles. The van der Waals surface area contributed by atoms with Gasteiger partial charge >= 0.3 is 5.97 Å². The van der Waals surface area contributed by atoms with Gasteiger partial charge in [-0.3, -0.25) is 19.2 Å². The molecular weight excluding hydrogens is 769 g/mol. The Morgan fingerprint density at radius 2 is 1.04 bits per heavy atom. The number of nitrogens with zero attached hydrogens (tertiary/aromatic N) is 2. The number of nitrogens with one attached hydrogen (secondary N) is 6. The molecule has 4 aliphatic rings. The molecule has 11 N–H and O–H groups in total. The number of carbonyl (C=O) groups excluding carboxylic acids is 4. The molecule has 0 bridgehead atoms. The van der Waals surface area contributed by atoms with E-state index in [9.17, 15) is 29.1 Å². The maximum absolute atomic E-state index is 12.6. The van der Waals surface area contributed by atoms with Gasteiger partial charge in [0.1, 0.15) is 0 Å². The van der Waals surface area contributed by atoms with Crippen LogP contribution in [0.3, 0.4) is 0 Å². The number of anilines is 2. The summed E-state index contributed by atoms with van der Waals surface area (Å²) in [6.07, 6.45) is 11.3. The standard InChI is InChI=1S/C39H60N10O6S2/c40-38-46-27-22-56-29(35(27)48-38)11-5-7-13-31(50)42-17-9-1-3-15-33(52)44-25-19-24(37(54)55)20-26(21-25)45-34(53)16-4-2-10-18-43-32(51)14-8-6-12-30-36-28(23-57-30)47-39(41)49-36/h19-21,27-30,35-36H,1-18,22-23H2,(H,42,50)(H,43,51)(H,44,52)(H,45,53)(H,54,55)(H3,40,46,48)(H3,41,47,49)/t27-,28-,29-,30-,35-,36-/m0/s1. The van der Waals surface area contributed by atoms with Gasteiger partial charge in [-0.05, 0) is 69.6 Å². The van der Waals surface area contributed by atoms with Crippen LogP contribution in [0.4, 0.5) is 11.4 Å². The first-order chi connectivity index (χ1) is 27.5. The van der Waals surface area contributed by atoms with Crippen molar-refractivity contribution in [1.29, 1.82) is 0 Å². The monoisotopic (exact) mass is 828 g/mol. The van der Waals surface area contributed by atoms with Gasteiger partial charge in [-0.1, -0.05) is 25.7 Å². The highest BCUT2D eigenvalue weighted by Gasteiger charge is 2.41. The van der Waals surface area contributed by atoms with Crippen LogP contribution in [-0.4, -0.2) is 106 Å². The second kappa shape index (κ2) is 22.7. The van der Waals surface area contributed by atoms with Gasteiger partial charge in [0, 0.05) is 72.2 Å². The van der Waals surface area contributed by atoms with E-state index >= 15 is 0 Å². The minimum atomic E-state index is -1.17. The van der Waals surface area contributed by atoms with Crippen molar-refractivity contribution >= 4 is 76.4 Å². The molecule has 57 heavy (non-hydrogen) atoms. The zero-order valence-electron chi connectivity index (χ0n) is 32.7. The van der Waals surface area contributed by atoms with Crippen molar-refractivity contribution in [3.63, 3.8) is 0 Å². The van der Waals surface area contributed by atoms with Crippen LogP contribution in [0.25, 0.3) is 0 Å². The Morgan fingerprint density at radius 3 is 1.47 bits per heavy atom. The van der Waals surface area contributed by atoms with Gasteiger partial charge in [0.05, 0.1) is 29.7 Å². The third kappa shape index (κ3) is 14.6. The molecule has 16 nitrogen and oxygen atoms in total. The van der Waals surface area contributed by atoms with E-state index in [4.69, 9.17) is 11.5 Å². The third-order valence-corrected chi connectivity index (χ3v) is 13.6. The Balaban J connectivity index is 0.867. The Bertz CT molecular complexity index is 1520. The summed E-state index contributed by atoms with van der Waals surface area (Å²) in [5, 5.41) is 28.4. The number of rotatable bonds is 25. The van der Waals surface area contributed by atoms with E-state index in [1.54, 1.807) is 6.07 Å². The Labute approximate surface area is 343 Å². The van der Waals surface area contributed by atoms with Crippen molar-refractivity contribution in [1.82, 2.24) is 21.3 Å². The second-order valence-electron chi connectivity index (χ2n) is 15.3. The van der Waals surface area contributed by atoms with Crippen LogP contribution >= 0.6 is 23.5 Å². The number of fused-ring (bicyclic) bond motifs is 2. The normalized spacial score (nSPS) is 23.0. The number of nitrogens with two attached hydrogens (primary N) is 2. The summed E-state index contributed by atoms with van der Waals surface area (Å²) in [7, 11) is 0. The first-order valence-electron chi connectivity index (χ1n) is 20.5. The van der Waals surface area contributed by atoms with Crippen LogP contribution in [0.5, 0.6) is 0 Å². The van der Waals surface area contributed by atoms with Gasteiger partial charge in [-0.25, -0.2) is 14.8 Å². The minimum absolute atomic E-state index is 0.0375. The fourth-order valence-corrected chi connectivity index (χ4v) is 10.7. The van der Waals surface area contributed by atoms with Crippen molar-refractivity contribution in [3.8, 4) is 0 Å². The molecule has 0 aromatic heterocycles. The number of amides is 4. The summed E-state index contributed by atoms with van der Waals surface area (Å²) in [6.45, 7) is 1.10. The van der Waals surface area contributed by atoms with Crippen LogP contribution in [0, 0.1) is 0 Å². The van der Waals surface area contributed by atoms with E-state index in [1.165, 1.54) is 12.1 Å². The molecule has 4 amide bonds. The zero-order chi connectivity index (χ0) is 40.6. The molecule has 1 aromatic rings. The summed E-state index contributed by atoms with van der Waals surface area (Å²) in [4.78, 5) is 70.6. The lowest BCUT2D eigenvalue weighted by atomic mass is 10.0. The summed E-state index contributed by atoms with van der Waals surface area (Å²) >= 11 is 3.85. The summed E-state index contributed by atoms with van der Waals surface area (Å²) in [5.74, 6) is 1.49. The maximum atomic E-state index is 12.6. The fourth-order valence-electron chi connectivity index (χ4n) is 7.66. The predicted molar refractivity (Wildman–Crippen MR) is 228 cm³/mol. The van der Waals surface area contributed by atoms with E-state index in [0.717, 1.165) is 75.7 Å². The quantitative estimate of drug-likeness (QED) is 0.0644. The minimum Gasteiger partial charge on any atom is -0.478 e. The highest BCUT2D eigenvalue weighted by molar-refractivity contribution is 8.00. The van der Waals surface area contributed by atoms with E-state index in [1.807, 2.05) is 23.5 Å². The van der Waals surface area contributed by atoms with Gasteiger partial charge in [0.15, 0.2) is 11.9 Å². The zero-order valence-corrected chi connectivity index (χ0v) is 34.3. The van der Waals surface area contributed by atoms with Gasteiger partial charge in [0.2, 0.25) is 23.6 Å². The van der Waals surface area contributed by atoms with Crippen molar-refractivity contribution in [2.45, 2.75) is 137 Å². The molecule has 5 rings (SSSR count). The van der Waals surface area contributed by atoms with Crippen molar-refractivity contribution in [2.75, 3.05) is 35.2 Å². The molecule has 1 aromatic carbocycles. The average Bonchev–Trinajstić information content (AvgIpc) is 3.93. The highest BCUT2D eigenvalue weighted by atomic mass is 32.2. The lowest BCUT2D eigenvalue weighted by Crippen LogP contribution is -2.38.